The number of hydrogen-bond donors (Lipinski definition) is 2. The van der Waals surface area contributed by atoms with Crippen molar-refractivity contribution in [1.29, 1.82) is 0 Å². The van der Waals surface area contributed by atoms with Crippen LogP contribution in [0.2, 0.25) is 0 Å². The molecular weight excluding hydrogens is 232 g/mol. The molecule has 0 amide bonds. The molecule has 0 spiro atoms. The third kappa shape index (κ3) is 3.09. The number of nitrogens with two attached hydrogens (primary N) is 1. The summed E-state index contributed by atoms with van der Waals surface area (Å²) in [7, 11) is 0. The maximum atomic E-state index is 5.61. The Morgan fingerprint density at radius 1 is 1.47 bits per heavy atom. The second-order valence-corrected chi connectivity index (χ2v) is 5.07. The summed E-state index contributed by atoms with van der Waals surface area (Å²) in [5.74, 6) is 5.61. The minimum absolute atomic E-state index is 0.0817. The molecule has 2 rings (SSSR count). The van der Waals surface area contributed by atoms with E-state index in [0.717, 1.165) is 28.4 Å². The summed E-state index contributed by atoms with van der Waals surface area (Å²) < 4.78 is 0. The van der Waals surface area contributed by atoms with Crippen LogP contribution in [0.4, 0.5) is 0 Å². The zero-order valence-electron chi connectivity index (χ0n) is 9.97. The van der Waals surface area contributed by atoms with E-state index in [0.29, 0.717) is 0 Å². The normalized spacial score (nSPS) is 12.6. The summed E-state index contributed by atoms with van der Waals surface area (Å²) in [5, 5.41) is 3.16. The van der Waals surface area contributed by atoms with E-state index >= 15 is 0 Å². The van der Waals surface area contributed by atoms with E-state index in [-0.39, 0.29) is 6.04 Å². The average molecular weight is 248 g/mol. The van der Waals surface area contributed by atoms with Gasteiger partial charge in [0.15, 0.2) is 0 Å². The van der Waals surface area contributed by atoms with Gasteiger partial charge in [-0.2, -0.15) is 0 Å². The third-order valence-electron chi connectivity index (χ3n) is 2.60. The number of hydrogen-bond acceptors (Lipinski definition) is 5. The number of hydrazine groups is 1. The van der Waals surface area contributed by atoms with Crippen molar-refractivity contribution in [3.63, 3.8) is 0 Å². The second kappa shape index (κ2) is 5.35. The van der Waals surface area contributed by atoms with Crippen LogP contribution in [0, 0.1) is 13.8 Å². The molecule has 5 heteroatoms. The Labute approximate surface area is 105 Å². The van der Waals surface area contributed by atoms with Crippen molar-refractivity contribution in [2.24, 2.45) is 5.84 Å². The molecule has 4 nitrogen and oxygen atoms in total. The van der Waals surface area contributed by atoms with E-state index in [1.165, 1.54) is 0 Å². The van der Waals surface area contributed by atoms with Gasteiger partial charge in [-0.15, -0.1) is 11.3 Å². The predicted octanol–water partition coefficient (Wildman–Crippen LogP) is 1.90. The zero-order valence-corrected chi connectivity index (χ0v) is 10.8. The standard InChI is InChI=1S/C12H16N4S/c1-8-5-10(3-4-14-8)12(16-13)6-11-7-17-9(2)15-11/h3-5,7,12,16H,6,13H2,1-2H3. The lowest BCUT2D eigenvalue weighted by molar-refractivity contribution is 0.546. The first-order valence-electron chi connectivity index (χ1n) is 5.48. The van der Waals surface area contributed by atoms with Crippen molar-refractivity contribution >= 4 is 11.3 Å². The maximum Gasteiger partial charge on any atom is 0.0897 e. The second-order valence-electron chi connectivity index (χ2n) is 4.01. The van der Waals surface area contributed by atoms with Crippen LogP contribution < -0.4 is 11.3 Å². The summed E-state index contributed by atoms with van der Waals surface area (Å²) in [6.07, 6.45) is 2.60. The highest BCUT2D eigenvalue weighted by Gasteiger charge is 2.12. The number of aromatic nitrogens is 2. The number of pyridine rings is 1. The average Bonchev–Trinajstić information content (AvgIpc) is 2.72. The molecule has 0 aliphatic carbocycles. The topological polar surface area (TPSA) is 63.8 Å². The Hall–Kier alpha value is -1.30. The van der Waals surface area contributed by atoms with Crippen LogP contribution in [0.15, 0.2) is 23.7 Å². The number of nitrogens with one attached hydrogen (secondary N) is 1. The van der Waals surface area contributed by atoms with E-state index in [9.17, 15) is 0 Å². The SMILES string of the molecule is Cc1cc(C(Cc2csc(C)n2)NN)ccn1. The van der Waals surface area contributed by atoms with Crippen molar-refractivity contribution in [3.05, 3.63) is 45.7 Å². The predicted molar refractivity (Wildman–Crippen MR) is 69.6 cm³/mol. The highest BCUT2D eigenvalue weighted by Crippen LogP contribution is 2.19. The Morgan fingerprint density at radius 3 is 2.88 bits per heavy atom. The molecular formula is C12H16N4S. The summed E-state index contributed by atoms with van der Waals surface area (Å²) >= 11 is 1.66. The van der Waals surface area contributed by atoms with Crippen LogP contribution in [0.1, 0.15) is 28.0 Å². The molecule has 2 heterocycles. The first kappa shape index (κ1) is 12.2. The molecule has 90 valence electrons. The van der Waals surface area contributed by atoms with Gasteiger partial charge in [-0.3, -0.25) is 16.3 Å². The molecule has 2 aromatic rings. The van der Waals surface area contributed by atoms with Crippen molar-refractivity contribution < 1.29 is 0 Å². The van der Waals surface area contributed by atoms with Gasteiger partial charge in [0.25, 0.3) is 0 Å². The molecule has 0 radical (unpaired) electrons. The van der Waals surface area contributed by atoms with Gasteiger partial charge in [0.2, 0.25) is 0 Å². The lowest BCUT2D eigenvalue weighted by atomic mass is 10.0. The summed E-state index contributed by atoms with van der Waals surface area (Å²) in [6.45, 7) is 3.99. The van der Waals surface area contributed by atoms with Gasteiger partial charge in [-0.05, 0) is 31.5 Å². The van der Waals surface area contributed by atoms with E-state index in [2.05, 4.69) is 20.8 Å². The fraction of sp³-hybridized carbons (Fsp3) is 0.333. The van der Waals surface area contributed by atoms with Crippen molar-refractivity contribution in [2.75, 3.05) is 0 Å². The summed E-state index contributed by atoms with van der Waals surface area (Å²) in [6, 6.07) is 4.11. The van der Waals surface area contributed by atoms with Gasteiger partial charge >= 0.3 is 0 Å². The highest BCUT2D eigenvalue weighted by molar-refractivity contribution is 7.09. The van der Waals surface area contributed by atoms with Crippen LogP contribution in [0.5, 0.6) is 0 Å². The number of nitrogens with zero attached hydrogens (tertiary/aromatic N) is 2. The number of thiazole rings is 1. The molecule has 1 atom stereocenters. The van der Waals surface area contributed by atoms with Crippen molar-refractivity contribution in [2.45, 2.75) is 26.3 Å². The quantitative estimate of drug-likeness (QED) is 0.641. The maximum absolute atomic E-state index is 5.61. The minimum Gasteiger partial charge on any atom is -0.271 e. The minimum atomic E-state index is 0.0817. The van der Waals surface area contributed by atoms with Crippen molar-refractivity contribution in [3.8, 4) is 0 Å². The van der Waals surface area contributed by atoms with Crippen LogP contribution in [-0.2, 0) is 6.42 Å². The molecule has 0 aliphatic rings. The fourth-order valence-corrected chi connectivity index (χ4v) is 2.39. The molecule has 0 aliphatic heterocycles. The Balaban J connectivity index is 2.16. The van der Waals surface area contributed by atoms with Gasteiger partial charge < -0.3 is 0 Å². The van der Waals surface area contributed by atoms with Crippen LogP contribution >= 0.6 is 11.3 Å². The van der Waals surface area contributed by atoms with Gasteiger partial charge in [-0.25, -0.2) is 4.98 Å². The molecule has 0 saturated heterocycles. The smallest absolute Gasteiger partial charge is 0.0897 e. The molecule has 0 bridgehead atoms. The number of rotatable bonds is 4. The van der Waals surface area contributed by atoms with Crippen LogP contribution in [-0.4, -0.2) is 9.97 Å². The molecule has 0 fully saturated rings. The van der Waals surface area contributed by atoms with E-state index in [1.54, 1.807) is 17.5 Å². The monoisotopic (exact) mass is 248 g/mol. The molecule has 3 N–H and O–H groups in total. The van der Waals surface area contributed by atoms with E-state index in [1.807, 2.05) is 26.0 Å². The van der Waals surface area contributed by atoms with E-state index in [4.69, 9.17) is 5.84 Å². The Bertz CT molecular complexity index is 495. The molecule has 0 aromatic carbocycles. The number of aryl methyl sites for hydroxylation is 2. The molecule has 17 heavy (non-hydrogen) atoms. The first-order valence-corrected chi connectivity index (χ1v) is 6.36. The summed E-state index contributed by atoms with van der Waals surface area (Å²) in [4.78, 5) is 8.64. The first-order chi connectivity index (χ1) is 8.19. The Kier molecular flexibility index (Phi) is 3.83. The lowest BCUT2D eigenvalue weighted by Crippen LogP contribution is -2.29. The van der Waals surface area contributed by atoms with Crippen LogP contribution in [0.3, 0.4) is 0 Å². The fourth-order valence-electron chi connectivity index (χ4n) is 1.77. The zero-order chi connectivity index (χ0) is 12.3. The highest BCUT2D eigenvalue weighted by atomic mass is 32.1. The van der Waals surface area contributed by atoms with Crippen molar-refractivity contribution in [1.82, 2.24) is 15.4 Å². The molecule has 2 aromatic heterocycles. The lowest BCUT2D eigenvalue weighted by Gasteiger charge is -2.15. The third-order valence-corrected chi connectivity index (χ3v) is 3.43. The van der Waals surface area contributed by atoms with Gasteiger partial charge in [0.05, 0.1) is 16.7 Å². The van der Waals surface area contributed by atoms with Gasteiger partial charge in [0, 0.05) is 23.7 Å². The molecule has 1 unspecified atom stereocenters. The van der Waals surface area contributed by atoms with Gasteiger partial charge in [0.1, 0.15) is 0 Å². The van der Waals surface area contributed by atoms with Gasteiger partial charge in [-0.1, -0.05) is 0 Å². The van der Waals surface area contributed by atoms with E-state index < -0.39 is 0 Å². The Morgan fingerprint density at radius 2 is 2.29 bits per heavy atom. The largest absolute Gasteiger partial charge is 0.271 e. The summed E-state index contributed by atoms with van der Waals surface area (Å²) in [5.41, 5.74) is 6.06. The van der Waals surface area contributed by atoms with Crippen LogP contribution in [0.25, 0.3) is 0 Å². The molecule has 0 saturated carbocycles.